The monoisotopic (exact) mass is 334 g/mol. The fraction of sp³-hybridized carbons (Fsp3) is 0.222. The van der Waals surface area contributed by atoms with Crippen molar-refractivity contribution >= 4 is 11.9 Å². The Hall–Kier alpha value is -3.02. The topological polar surface area (TPSA) is 115 Å². The summed E-state index contributed by atoms with van der Waals surface area (Å²) in [5, 5.41) is 34.3. The van der Waals surface area contributed by atoms with E-state index in [-0.39, 0.29) is 24.3 Å². The Labute approximate surface area is 140 Å². The molecule has 0 radical (unpaired) electrons. The number of aromatic hydroxyl groups is 2. The third-order valence-corrected chi connectivity index (χ3v) is 2.67. The Balaban J connectivity index is 0.000000442. The SMILES string of the molecule is CCC(=O)O.CCC(=O)O.Oc1ccc(O)c(-c2ccccc2)c1. The molecule has 2 rings (SSSR count). The van der Waals surface area contributed by atoms with Crippen molar-refractivity contribution in [2.45, 2.75) is 26.7 Å². The molecular weight excluding hydrogens is 312 g/mol. The zero-order chi connectivity index (χ0) is 18.5. The summed E-state index contributed by atoms with van der Waals surface area (Å²) in [6.45, 7) is 3.20. The van der Waals surface area contributed by atoms with Crippen LogP contribution in [0, 0.1) is 0 Å². The molecule has 0 saturated heterocycles. The molecule has 0 spiro atoms. The van der Waals surface area contributed by atoms with Gasteiger partial charge < -0.3 is 20.4 Å². The van der Waals surface area contributed by atoms with E-state index >= 15 is 0 Å². The Bertz CT molecular complexity index is 623. The van der Waals surface area contributed by atoms with E-state index in [4.69, 9.17) is 10.2 Å². The average molecular weight is 334 g/mol. The van der Waals surface area contributed by atoms with E-state index in [0.717, 1.165) is 5.56 Å². The molecule has 0 bridgehead atoms. The van der Waals surface area contributed by atoms with Crippen LogP contribution in [0.4, 0.5) is 0 Å². The molecule has 0 atom stereocenters. The van der Waals surface area contributed by atoms with Crippen LogP contribution in [0.15, 0.2) is 48.5 Å². The van der Waals surface area contributed by atoms with Gasteiger partial charge in [-0.15, -0.1) is 0 Å². The smallest absolute Gasteiger partial charge is 0.303 e. The Morgan fingerprint density at radius 3 is 1.71 bits per heavy atom. The number of carboxylic acids is 2. The van der Waals surface area contributed by atoms with Gasteiger partial charge in [-0.2, -0.15) is 0 Å². The van der Waals surface area contributed by atoms with E-state index in [2.05, 4.69) is 0 Å². The fourth-order valence-electron chi connectivity index (χ4n) is 1.37. The van der Waals surface area contributed by atoms with Gasteiger partial charge in [-0.25, -0.2) is 0 Å². The minimum atomic E-state index is -0.745. The summed E-state index contributed by atoms with van der Waals surface area (Å²) in [4.78, 5) is 18.7. The predicted molar refractivity (Wildman–Crippen MR) is 91.1 cm³/mol. The molecule has 0 aliphatic heterocycles. The van der Waals surface area contributed by atoms with Gasteiger partial charge in [-0.1, -0.05) is 44.2 Å². The van der Waals surface area contributed by atoms with Gasteiger partial charge in [-0.05, 0) is 23.8 Å². The first-order valence-electron chi connectivity index (χ1n) is 7.32. The first-order chi connectivity index (χ1) is 11.3. The summed E-state index contributed by atoms with van der Waals surface area (Å²) >= 11 is 0. The summed E-state index contributed by atoms with van der Waals surface area (Å²) < 4.78 is 0. The van der Waals surface area contributed by atoms with Crippen molar-refractivity contribution in [2.75, 3.05) is 0 Å². The highest BCUT2D eigenvalue weighted by Crippen LogP contribution is 2.31. The van der Waals surface area contributed by atoms with Crippen LogP contribution in [0.25, 0.3) is 11.1 Å². The quantitative estimate of drug-likeness (QED) is 0.636. The molecule has 2 aromatic rings. The van der Waals surface area contributed by atoms with Crippen LogP contribution in [0.5, 0.6) is 11.5 Å². The zero-order valence-electron chi connectivity index (χ0n) is 13.6. The van der Waals surface area contributed by atoms with Crippen molar-refractivity contribution in [1.82, 2.24) is 0 Å². The van der Waals surface area contributed by atoms with Gasteiger partial charge in [0.1, 0.15) is 11.5 Å². The standard InChI is InChI=1S/C12H10O2.2C3H6O2/c13-10-6-7-12(14)11(8-10)9-4-2-1-3-5-9;2*1-2-3(4)5/h1-8,13-14H;2*2H2,1H3,(H,4,5). The molecule has 0 aromatic heterocycles. The average Bonchev–Trinajstić information content (AvgIpc) is 2.58. The third kappa shape index (κ3) is 9.09. The second-order valence-electron chi connectivity index (χ2n) is 4.56. The summed E-state index contributed by atoms with van der Waals surface area (Å²) in [6.07, 6.45) is 0.444. The van der Waals surface area contributed by atoms with E-state index < -0.39 is 11.9 Å². The van der Waals surface area contributed by atoms with E-state index in [0.29, 0.717) is 5.56 Å². The maximum absolute atomic E-state index is 9.58. The van der Waals surface area contributed by atoms with E-state index in [1.54, 1.807) is 19.9 Å². The molecule has 0 aliphatic carbocycles. The van der Waals surface area contributed by atoms with Gasteiger partial charge in [0.2, 0.25) is 0 Å². The number of carboxylic acid groups (broad SMARTS) is 2. The van der Waals surface area contributed by atoms with E-state index in [1.165, 1.54) is 12.1 Å². The number of hydrogen-bond donors (Lipinski definition) is 4. The number of rotatable bonds is 3. The molecule has 0 unspecified atom stereocenters. The lowest BCUT2D eigenvalue weighted by atomic mass is 10.0. The Morgan fingerprint density at radius 2 is 1.29 bits per heavy atom. The number of hydrogen-bond acceptors (Lipinski definition) is 4. The van der Waals surface area contributed by atoms with Gasteiger partial charge in [-0.3, -0.25) is 9.59 Å². The van der Waals surface area contributed by atoms with E-state index in [9.17, 15) is 19.8 Å². The molecule has 2 aromatic carbocycles. The van der Waals surface area contributed by atoms with Crippen molar-refractivity contribution in [3.05, 3.63) is 48.5 Å². The Kier molecular flexibility index (Phi) is 10.1. The number of phenolic OH excluding ortho intramolecular Hbond substituents is 2. The molecule has 0 saturated carbocycles. The fourth-order valence-corrected chi connectivity index (χ4v) is 1.37. The van der Waals surface area contributed by atoms with Crippen LogP contribution in [0.1, 0.15) is 26.7 Å². The minimum Gasteiger partial charge on any atom is -0.508 e. The second kappa shape index (κ2) is 11.5. The third-order valence-electron chi connectivity index (χ3n) is 2.67. The molecule has 0 heterocycles. The predicted octanol–water partition coefficient (Wildman–Crippen LogP) is 3.73. The molecular formula is C18H22O6. The highest BCUT2D eigenvalue weighted by molar-refractivity contribution is 5.71. The van der Waals surface area contributed by atoms with Crippen molar-refractivity contribution in [2.24, 2.45) is 0 Å². The maximum atomic E-state index is 9.58. The summed E-state index contributed by atoms with van der Waals surface area (Å²) in [6, 6.07) is 13.9. The molecule has 6 heteroatoms. The lowest BCUT2D eigenvalue weighted by molar-refractivity contribution is -0.137. The largest absolute Gasteiger partial charge is 0.508 e. The van der Waals surface area contributed by atoms with Crippen LogP contribution in [-0.4, -0.2) is 32.4 Å². The molecule has 4 N–H and O–H groups in total. The second-order valence-corrected chi connectivity index (χ2v) is 4.56. The summed E-state index contributed by atoms with van der Waals surface area (Å²) in [7, 11) is 0. The maximum Gasteiger partial charge on any atom is 0.303 e. The molecule has 0 amide bonds. The molecule has 130 valence electrons. The highest BCUT2D eigenvalue weighted by atomic mass is 16.4. The summed E-state index contributed by atoms with van der Waals surface area (Å²) in [5.74, 6) is -1.16. The van der Waals surface area contributed by atoms with Crippen molar-refractivity contribution < 1.29 is 30.0 Å². The molecule has 6 nitrogen and oxygen atoms in total. The van der Waals surface area contributed by atoms with Gasteiger partial charge in [0.15, 0.2) is 0 Å². The Morgan fingerprint density at radius 1 is 0.833 bits per heavy atom. The first kappa shape index (κ1) is 21.0. The lowest BCUT2D eigenvalue weighted by Crippen LogP contribution is -1.86. The van der Waals surface area contributed by atoms with Crippen LogP contribution >= 0.6 is 0 Å². The van der Waals surface area contributed by atoms with E-state index in [1.807, 2.05) is 30.3 Å². The molecule has 0 aliphatic rings. The van der Waals surface area contributed by atoms with Gasteiger partial charge >= 0.3 is 11.9 Å². The zero-order valence-corrected chi connectivity index (χ0v) is 13.6. The highest BCUT2D eigenvalue weighted by Gasteiger charge is 2.03. The van der Waals surface area contributed by atoms with Crippen LogP contribution < -0.4 is 0 Å². The number of phenols is 2. The normalized spacial score (nSPS) is 8.92. The molecule has 24 heavy (non-hydrogen) atoms. The first-order valence-corrected chi connectivity index (χ1v) is 7.32. The molecule has 0 fully saturated rings. The lowest BCUT2D eigenvalue weighted by Gasteiger charge is -2.04. The van der Waals surface area contributed by atoms with Gasteiger partial charge in [0.25, 0.3) is 0 Å². The van der Waals surface area contributed by atoms with Crippen molar-refractivity contribution in [3.63, 3.8) is 0 Å². The van der Waals surface area contributed by atoms with Crippen LogP contribution in [0.2, 0.25) is 0 Å². The number of carbonyl (C=O) groups is 2. The van der Waals surface area contributed by atoms with Crippen molar-refractivity contribution in [3.8, 4) is 22.6 Å². The van der Waals surface area contributed by atoms with Crippen molar-refractivity contribution in [1.29, 1.82) is 0 Å². The van der Waals surface area contributed by atoms with Gasteiger partial charge in [0, 0.05) is 18.4 Å². The van der Waals surface area contributed by atoms with Crippen LogP contribution in [0.3, 0.4) is 0 Å². The van der Waals surface area contributed by atoms with Crippen LogP contribution in [-0.2, 0) is 9.59 Å². The number of aliphatic carboxylic acids is 2. The summed E-state index contributed by atoms with van der Waals surface area (Å²) in [5.41, 5.74) is 1.53. The number of benzene rings is 2. The van der Waals surface area contributed by atoms with Gasteiger partial charge in [0.05, 0.1) is 0 Å². The minimum absolute atomic E-state index is 0.154.